The number of amides is 1. The van der Waals surface area contributed by atoms with E-state index in [0.29, 0.717) is 24.2 Å². The minimum Gasteiger partial charge on any atom is -0.317 e. The topological polar surface area (TPSA) is 46.9 Å². The Kier molecular flexibility index (Phi) is 3.81. The number of fused-ring (bicyclic) bond motifs is 2. The molecule has 0 aromatic carbocycles. The first-order chi connectivity index (χ1) is 9.61. The van der Waals surface area contributed by atoms with Gasteiger partial charge < -0.3 is 4.57 Å². The average molecular weight is 275 g/mol. The van der Waals surface area contributed by atoms with Crippen LogP contribution in [-0.2, 0) is 11.3 Å². The van der Waals surface area contributed by atoms with Gasteiger partial charge in [0.05, 0.1) is 0 Å². The molecule has 2 aliphatic rings. The van der Waals surface area contributed by atoms with E-state index in [1.54, 1.807) is 6.20 Å². The van der Waals surface area contributed by atoms with Crippen molar-refractivity contribution in [3.63, 3.8) is 0 Å². The highest BCUT2D eigenvalue weighted by Gasteiger charge is 2.40. The van der Waals surface area contributed by atoms with Crippen molar-refractivity contribution in [3.8, 4) is 0 Å². The van der Waals surface area contributed by atoms with Crippen molar-refractivity contribution in [1.82, 2.24) is 9.55 Å². The summed E-state index contributed by atoms with van der Waals surface area (Å²) in [6.45, 7) is 5.23. The van der Waals surface area contributed by atoms with Crippen molar-refractivity contribution in [3.05, 3.63) is 12.4 Å². The molecule has 0 saturated heterocycles. The SMILES string of the molecule is CC(C)Cn1ccnc1NC(=O)CC1CC2CCC1C2. The summed E-state index contributed by atoms with van der Waals surface area (Å²) >= 11 is 0. The Morgan fingerprint density at radius 1 is 1.45 bits per heavy atom. The molecule has 4 nitrogen and oxygen atoms in total. The third-order valence-corrected chi connectivity index (χ3v) is 4.86. The molecule has 3 atom stereocenters. The Morgan fingerprint density at radius 3 is 2.95 bits per heavy atom. The molecular formula is C16H25N3O. The van der Waals surface area contributed by atoms with E-state index in [2.05, 4.69) is 24.1 Å². The lowest BCUT2D eigenvalue weighted by Gasteiger charge is -2.21. The Labute approximate surface area is 121 Å². The van der Waals surface area contributed by atoms with Gasteiger partial charge in [-0.1, -0.05) is 20.3 Å². The van der Waals surface area contributed by atoms with Crippen LogP contribution in [0.5, 0.6) is 0 Å². The maximum Gasteiger partial charge on any atom is 0.226 e. The van der Waals surface area contributed by atoms with Gasteiger partial charge in [0.25, 0.3) is 0 Å². The van der Waals surface area contributed by atoms with E-state index in [1.165, 1.54) is 25.7 Å². The summed E-state index contributed by atoms with van der Waals surface area (Å²) < 4.78 is 2.03. The fourth-order valence-corrected chi connectivity index (χ4v) is 4.01. The summed E-state index contributed by atoms with van der Waals surface area (Å²) in [5.74, 6) is 3.71. The summed E-state index contributed by atoms with van der Waals surface area (Å²) in [6.07, 6.45) is 9.73. The zero-order valence-electron chi connectivity index (χ0n) is 12.5. The molecule has 1 heterocycles. The van der Waals surface area contributed by atoms with Gasteiger partial charge in [0.1, 0.15) is 0 Å². The first-order valence-electron chi connectivity index (χ1n) is 7.92. The average Bonchev–Trinajstić information content (AvgIpc) is 3.06. The zero-order valence-corrected chi connectivity index (χ0v) is 12.5. The van der Waals surface area contributed by atoms with Gasteiger partial charge in [0.15, 0.2) is 0 Å². The van der Waals surface area contributed by atoms with Crippen molar-refractivity contribution in [2.45, 2.75) is 52.5 Å². The second-order valence-electron chi connectivity index (χ2n) is 6.98. The number of hydrogen-bond donors (Lipinski definition) is 1. The molecule has 2 aliphatic carbocycles. The number of aromatic nitrogens is 2. The van der Waals surface area contributed by atoms with Crippen LogP contribution < -0.4 is 5.32 Å². The van der Waals surface area contributed by atoms with E-state index >= 15 is 0 Å². The summed E-state index contributed by atoms with van der Waals surface area (Å²) in [7, 11) is 0. The first kappa shape index (κ1) is 13.7. The standard InChI is InChI=1S/C16H25N3O/c1-11(2)10-19-6-5-17-16(19)18-15(20)9-14-8-12-3-4-13(14)7-12/h5-6,11-14H,3-4,7-10H2,1-2H3,(H,17,18,20). The van der Waals surface area contributed by atoms with Gasteiger partial charge in [-0.25, -0.2) is 4.98 Å². The summed E-state index contributed by atoms with van der Waals surface area (Å²) in [6, 6.07) is 0. The van der Waals surface area contributed by atoms with Crippen LogP contribution in [-0.4, -0.2) is 15.5 Å². The Bertz CT molecular complexity index is 480. The third kappa shape index (κ3) is 2.89. The van der Waals surface area contributed by atoms with Crippen LogP contribution in [0.2, 0.25) is 0 Å². The van der Waals surface area contributed by atoms with E-state index < -0.39 is 0 Å². The summed E-state index contributed by atoms with van der Waals surface area (Å²) in [4.78, 5) is 16.5. The van der Waals surface area contributed by atoms with Crippen molar-refractivity contribution in [2.24, 2.45) is 23.7 Å². The zero-order chi connectivity index (χ0) is 14.1. The molecule has 0 spiro atoms. The largest absolute Gasteiger partial charge is 0.317 e. The number of nitrogens with zero attached hydrogens (tertiary/aromatic N) is 2. The van der Waals surface area contributed by atoms with Crippen LogP contribution in [0.15, 0.2) is 12.4 Å². The van der Waals surface area contributed by atoms with E-state index in [4.69, 9.17) is 0 Å². The van der Waals surface area contributed by atoms with E-state index in [1.807, 2.05) is 10.8 Å². The summed E-state index contributed by atoms with van der Waals surface area (Å²) in [5.41, 5.74) is 0. The predicted molar refractivity (Wildman–Crippen MR) is 79.2 cm³/mol. The Balaban J connectivity index is 1.55. The van der Waals surface area contributed by atoms with Crippen molar-refractivity contribution >= 4 is 11.9 Å². The van der Waals surface area contributed by atoms with Gasteiger partial charge in [-0.05, 0) is 42.9 Å². The Hall–Kier alpha value is -1.32. The van der Waals surface area contributed by atoms with Gasteiger partial charge in [-0.3, -0.25) is 10.1 Å². The van der Waals surface area contributed by atoms with Gasteiger partial charge >= 0.3 is 0 Å². The van der Waals surface area contributed by atoms with Gasteiger partial charge in [-0.2, -0.15) is 0 Å². The van der Waals surface area contributed by atoms with Gasteiger partial charge in [0.2, 0.25) is 11.9 Å². The highest BCUT2D eigenvalue weighted by atomic mass is 16.1. The molecule has 20 heavy (non-hydrogen) atoms. The van der Waals surface area contributed by atoms with E-state index in [-0.39, 0.29) is 5.91 Å². The minimum atomic E-state index is 0.138. The second kappa shape index (κ2) is 5.58. The molecule has 3 rings (SSSR count). The van der Waals surface area contributed by atoms with E-state index in [9.17, 15) is 4.79 Å². The van der Waals surface area contributed by atoms with Crippen molar-refractivity contribution in [1.29, 1.82) is 0 Å². The molecule has 2 fully saturated rings. The molecule has 4 heteroatoms. The van der Waals surface area contributed by atoms with Crippen LogP contribution >= 0.6 is 0 Å². The monoisotopic (exact) mass is 275 g/mol. The Morgan fingerprint density at radius 2 is 2.30 bits per heavy atom. The van der Waals surface area contributed by atoms with Crippen LogP contribution in [0.1, 0.15) is 46.0 Å². The molecule has 0 aliphatic heterocycles. The predicted octanol–water partition coefficient (Wildman–Crippen LogP) is 3.30. The minimum absolute atomic E-state index is 0.138. The highest BCUT2D eigenvalue weighted by Crippen LogP contribution is 2.49. The van der Waals surface area contributed by atoms with Crippen LogP contribution in [0.4, 0.5) is 5.95 Å². The fourth-order valence-electron chi connectivity index (χ4n) is 4.01. The number of imidazole rings is 1. The number of carbonyl (C=O) groups is 1. The van der Waals surface area contributed by atoms with Crippen molar-refractivity contribution < 1.29 is 4.79 Å². The smallest absolute Gasteiger partial charge is 0.226 e. The van der Waals surface area contributed by atoms with Crippen molar-refractivity contribution in [2.75, 3.05) is 5.32 Å². The molecule has 1 aromatic rings. The number of rotatable bonds is 5. The van der Waals surface area contributed by atoms with Crippen LogP contribution in [0, 0.1) is 23.7 Å². The molecule has 3 unspecified atom stereocenters. The molecule has 2 bridgehead atoms. The summed E-state index contributed by atoms with van der Waals surface area (Å²) in [5, 5.41) is 3.00. The molecule has 1 amide bonds. The van der Waals surface area contributed by atoms with Crippen LogP contribution in [0.25, 0.3) is 0 Å². The maximum atomic E-state index is 12.2. The number of carbonyl (C=O) groups excluding carboxylic acids is 1. The van der Waals surface area contributed by atoms with Gasteiger partial charge in [0, 0.05) is 25.4 Å². The normalized spacial score (nSPS) is 28.2. The number of nitrogens with one attached hydrogen (secondary N) is 1. The van der Waals surface area contributed by atoms with Crippen LogP contribution in [0.3, 0.4) is 0 Å². The third-order valence-electron chi connectivity index (χ3n) is 4.86. The quantitative estimate of drug-likeness (QED) is 0.896. The second-order valence-corrected chi connectivity index (χ2v) is 6.98. The number of anilines is 1. The van der Waals surface area contributed by atoms with E-state index in [0.717, 1.165) is 18.4 Å². The molecule has 2 saturated carbocycles. The molecule has 1 N–H and O–H groups in total. The number of hydrogen-bond acceptors (Lipinski definition) is 2. The van der Waals surface area contributed by atoms with Gasteiger partial charge in [-0.15, -0.1) is 0 Å². The lowest BCUT2D eigenvalue weighted by Crippen LogP contribution is -2.22. The lowest BCUT2D eigenvalue weighted by atomic mass is 9.86. The molecule has 110 valence electrons. The molecule has 1 aromatic heterocycles. The molecule has 0 radical (unpaired) electrons. The lowest BCUT2D eigenvalue weighted by molar-refractivity contribution is -0.117. The maximum absolute atomic E-state index is 12.2. The highest BCUT2D eigenvalue weighted by molar-refractivity contribution is 5.89. The molecular weight excluding hydrogens is 250 g/mol. The fraction of sp³-hybridized carbons (Fsp3) is 0.750. The first-order valence-corrected chi connectivity index (χ1v) is 7.92.